The molecule has 0 saturated heterocycles. The summed E-state index contributed by atoms with van der Waals surface area (Å²) >= 11 is 0. The predicted octanol–water partition coefficient (Wildman–Crippen LogP) is 6.59. The van der Waals surface area contributed by atoms with Crippen molar-refractivity contribution in [1.82, 2.24) is 0 Å². The van der Waals surface area contributed by atoms with Gasteiger partial charge in [0.25, 0.3) is 0 Å². The molecule has 1 aromatic rings. The standard InChI is InChI=1S/C20H27F3/c1-2-3-4-5-6-15-7-9-16(10-8-15)11-12-17-13-18(21)20(23)19(22)14-17/h4-5,13-16H,2-3,6-12H2,1H3. The molecule has 0 aliphatic heterocycles. The lowest BCUT2D eigenvalue weighted by Crippen LogP contribution is -2.14. The lowest BCUT2D eigenvalue weighted by Gasteiger charge is -2.28. The highest BCUT2D eigenvalue weighted by atomic mass is 19.2. The van der Waals surface area contributed by atoms with Gasteiger partial charge in [0.2, 0.25) is 0 Å². The maximum atomic E-state index is 13.2. The Morgan fingerprint density at radius 2 is 1.57 bits per heavy atom. The van der Waals surface area contributed by atoms with Crippen molar-refractivity contribution in [2.75, 3.05) is 0 Å². The van der Waals surface area contributed by atoms with Gasteiger partial charge >= 0.3 is 0 Å². The SMILES string of the molecule is CCCC=CCC1CCC(CCc2cc(F)c(F)c(F)c2)CC1. The third-order valence-corrected chi connectivity index (χ3v) is 4.94. The Morgan fingerprint density at radius 1 is 0.957 bits per heavy atom. The third-order valence-electron chi connectivity index (χ3n) is 4.94. The highest BCUT2D eigenvalue weighted by Gasteiger charge is 2.20. The molecule has 23 heavy (non-hydrogen) atoms. The van der Waals surface area contributed by atoms with E-state index in [9.17, 15) is 13.2 Å². The van der Waals surface area contributed by atoms with E-state index in [2.05, 4.69) is 19.1 Å². The molecule has 1 aromatic carbocycles. The number of benzene rings is 1. The van der Waals surface area contributed by atoms with Crippen LogP contribution in [0.3, 0.4) is 0 Å². The molecule has 1 fully saturated rings. The van der Waals surface area contributed by atoms with Gasteiger partial charge < -0.3 is 0 Å². The Balaban J connectivity index is 1.72. The second-order valence-corrected chi connectivity index (χ2v) is 6.79. The molecule has 0 spiro atoms. The van der Waals surface area contributed by atoms with E-state index in [4.69, 9.17) is 0 Å². The maximum Gasteiger partial charge on any atom is 0.194 e. The zero-order valence-electron chi connectivity index (χ0n) is 14.0. The molecule has 0 aromatic heterocycles. The van der Waals surface area contributed by atoms with Crippen LogP contribution in [0.1, 0.15) is 63.9 Å². The van der Waals surface area contributed by atoms with E-state index in [1.807, 2.05) is 0 Å². The lowest BCUT2D eigenvalue weighted by molar-refractivity contribution is 0.265. The molecule has 0 bridgehead atoms. The summed E-state index contributed by atoms with van der Waals surface area (Å²) in [6.45, 7) is 2.19. The minimum Gasteiger partial charge on any atom is -0.204 e. The number of hydrogen-bond donors (Lipinski definition) is 0. The molecule has 1 aliphatic rings. The molecule has 128 valence electrons. The third kappa shape index (κ3) is 5.71. The number of hydrogen-bond acceptors (Lipinski definition) is 0. The summed E-state index contributed by atoms with van der Waals surface area (Å²) in [5.74, 6) is -2.11. The van der Waals surface area contributed by atoms with Crippen molar-refractivity contribution in [3.8, 4) is 0 Å². The van der Waals surface area contributed by atoms with Gasteiger partial charge in [0.15, 0.2) is 17.5 Å². The van der Waals surface area contributed by atoms with Crippen molar-refractivity contribution < 1.29 is 13.2 Å². The normalized spacial score (nSPS) is 21.9. The van der Waals surface area contributed by atoms with Crippen molar-refractivity contribution in [2.45, 2.75) is 64.7 Å². The van der Waals surface area contributed by atoms with E-state index < -0.39 is 17.5 Å². The number of allylic oxidation sites excluding steroid dienone is 2. The quantitative estimate of drug-likeness (QED) is 0.392. The Kier molecular flexibility index (Phi) is 7.19. The van der Waals surface area contributed by atoms with E-state index in [1.54, 1.807) is 0 Å². The first kappa shape index (κ1) is 18.1. The van der Waals surface area contributed by atoms with Crippen LogP contribution in [-0.4, -0.2) is 0 Å². The van der Waals surface area contributed by atoms with Crippen LogP contribution < -0.4 is 0 Å². The van der Waals surface area contributed by atoms with Crippen molar-refractivity contribution >= 4 is 0 Å². The lowest BCUT2D eigenvalue weighted by atomic mass is 9.78. The van der Waals surface area contributed by atoms with Crippen LogP contribution in [0.15, 0.2) is 24.3 Å². The smallest absolute Gasteiger partial charge is 0.194 e. The average molecular weight is 324 g/mol. The summed E-state index contributed by atoms with van der Waals surface area (Å²) in [6, 6.07) is 2.26. The van der Waals surface area contributed by atoms with E-state index in [0.29, 0.717) is 17.9 Å². The molecular formula is C20H27F3. The van der Waals surface area contributed by atoms with Crippen molar-refractivity contribution in [3.63, 3.8) is 0 Å². The fraction of sp³-hybridized carbons (Fsp3) is 0.600. The molecule has 3 heteroatoms. The van der Waals surface area contributed by atoms with Crippen LogP contribution in [-0.2, 0) is 6.42 Å². The number of aryl methyl sites for hydroxylation is 1. The van der Waals surface area contributed by atoms with Gasteiger partial charge in [0.05, 0.1) is 0 Å². The van der Waals surface area contributed by atoms with Gasteiger partial charge in [-0.15, -0.1) is 0 Å². The van der Waals surface area contributed by atoms with E-state index in [1.165, 1.54) is 44.9 Å². The van der Waals surface area contributed by atoms with Crippen LogP contribution in [0.4, 0.5) is 13.2 Å². The highest BCUT2D eigenvalue weighted by molar-refractivity contribution is 5.19. The maximum absolute atomic E-state index is 13.2. The Labute approximate surface area is 137 Å². The van der Waals surface area contributed by atoms with Crippen LogP contribution in [0.25, 0.3) is 0 Å². The second-order valence-electron chi connectivity index (χ2n) is 6.79. The molecule has 0 unspecified atom stereocenters. The molecule has 0 amide bonds. The minimum atomic E-state index is -1.37. The number of unbranched alkanes of at least 4 members (excludes halogenated alkanes) is 1. The highest BCUT2D eigenvalue weighted by Crippen LogP contribution is 2.33. The number of rotatable bonds is 7. The van der Waals surface area contributed by atoms with Crippen molar-refractivity contribution in [3.05, 3.63) is 47.3 Å². The summed E-state index contributed by atoms with van der Waals surface area (Å²) in [5.41, 5.74) is 0.561. The van der Waals surface area contributed by atoms with Gasteiger partial charge in [-0.1, -0.05) is 38.3 Å². The van der Waals surface area contributed by atoms with Gasteiger partial charge in [0.1, 0.15) is 0 Å². The summed E-state index contributed by atoms with van der Waals surface area (Å²) in [6.07, 6.45) is 14.6. The van der Waals surface area contributed by atoms with Gasteiger partial charge in [-0.2, -0.15) is 0 Å². The molecular weight excluding hydrogens is 297 g/mol. The Hall–Kier alpha value is -1.25. The van der Waals surface area contributed by atoms with Crippen molar-refractivity contribution in [1.29, 1.82) is 0 Å². The monoisotopic (exact) mass is 324 g/mol. The molecule has 2 rings (SSSR count). The van der Waals surface area contributed by atoms with Crippen LogP contribution in [0.2, 0.25) is 0 Å². The second kappa shape index (κ2) is 9.14. The van der Waals surface area contributed by atoms with E-state index >= 15 is 0 Å². The first-order chi connectivity index (χ1) is 11.1. The number of halogens is 3. The van der Waals surface area contributed by atoms with Gasteiger partial charge in [0, 0.05) is 0 Å². The summed E-state index contributed by atoms with van der Waals surface area (Å²) in [4.78, 5) is 0. The van der Waals surface area contributed by atoms with E-state index in [-0.39, 0.29) is 0 Å². The zero-order valence-corrected chi connectivity index (χ0v) is 14.0. The molecule has 0 nitrogen and oxygen atoms in total. The first-order valence-corrected chi connectivity index (χ1v) is 8.88. The minimum absolute atomic E-state index is 0.561. The average Bonchev–Trinajstić information content (AvgIpc) is 2.55. The first-order valence-electron chi connectivity index (χ1n) is 8.88. The van der Waals surface area contributed by atoms with Crippen LogP contribution >= 0.6 is 0 Å². The fourth-order valence-electron chi connectivity index (χ4n) is 3.45. The Bertz CT molecular complexity index is 491. The Morgan fingerprint density at radius 3 is 2.17 bits per heavy atom. The summed E-state index contributed by atoms with van der Waals surface area (Å²) in [7, 11) is 0. The van der Waals surface area contributed by atoms with E-state index in [0.717, 1.165) is 24.5 Å². The molecule has 0 heterocycles. The van der Waals surface area contributed by atoms with Crippen LogP contribution in [0, 0.1) is 29.3 Å². The van der Waals surface area contributed by atoms with Crippen molar-refractivity contribution in [2.24, 2.45) is 11.8 Å². The molecule has 0 atom stereocenters. The molecule has 1 saturated carbocycles. The largest absolute Gasteiger partial charge is 0.204 e. The van der Waals surface area contributed by atoms with Gasteiger partial charge in [-0.3, -0.25) is 0 Å². The fourth-order valence-corrected chi connectivity index (χ4v) is 3.45. The molecule has 1 aliphatic carbocycles. The topological polar surface area (TPSA) is 0 Å². The summed E-state index contributed by atoms with van der Waals surface area (Å²) in [5, 5.41) is 0. The molecule has 0 radical (unpaired) electrons. The van der Waals surface area contributed by atoms with Crippen LogP contribution in [0.5, 0.6) is 0 Å². The predicted molar refractivity (Wildman–Crippen MR) is 88.8 cm³/mol. The molecule has 0 N–H and O–H groups in total. The van der Waals surface area contributed by atoms with Gasteiger partial charge in [-0.25, -0.2) is 13.2 Å². The summed E-state index contributed by atoms with van der Waals surface area (Å²) < 4.78 is 39.4. The zero-order chi connectivity index (χ0) is 16.7. The van der Waals surface area contributed by atoms with Gasteiger partial charge in [-0.05, 0) is 68.1 Å².